The van der Waals surface area contributed by atoms with Crippen molar-refractivity contribution in [3.05, 3.63) is 35.7 Å². The lowest BCUT2D eigenvalue weighted by molar-refractivity contribution is 0.600. The summed E-state index contributed by atoms with van der Waals surface area (Å²) in [6, 6.07) is 4.97. The lowest BCUT2D eigenvalue weighted by atomic mass is 10.2. The van der Waals surface area contributed by atoms with Gasteiger partial charge in [0, 0.05) is 11.4 Å². The number of nitrogens with zero attached hydrogens (tertiary/aromatic N) is 1. The first-order valence-electron chi connectivity index (χ1n) is 5.29. The van der Waals surface area contributed by atoms with Gasteiger partial charge in [-0.25, -0.2) is 8.42 Å². The largest absolute Gasteiger partial charge is 0.399 e. The van der Waals surface area contributed by atoms with E-state index in [1.165, 1.54) is 6.20 Å². The third-order valence-electron chi connectivity index (χ3n) is 2.60. The highest BCUT2D eigenvalue weighted by molar-refractivity contribution is 7.92. The summed E-state index contributed by atoms with van der Waals surface area (Å²) in [7, 11) is -3.61. The summed E-state index contributed by atoms with van der Waals surface area (Å²) in [5, 5.41) is 6.29. The van der Waals surface area contributed by atoms with Crippen molar-refractivity contribution >= 4 is 21.4 Å². The minimum absolute atomic E-state index is 0.136. The molecular formula is C11H14N4O2S. The van der Waals surface area contributed by atoms with E-state index in [4.69, 9.17) is 5.73 Å². The zero-order valence-electron chi connectivity index (χ0n) is 10.1. The smallest absolute Gasteiger partial charge is 0.265 e. The maximum absolute atomic E-state index is 12.1. The molecule has 2 rings (SSSR count). The second-order valence-electron chi connectivity index (χ2n) is 4.04. The number of nitrogens with one attached hydrogen (secondary N) is 2. The van der Waals surface area contributed by atoms with Gasteiger partial charge >= 0.3 is 0 Å². The van der Waals surface area contributed by atoms with Gasteiger partial charge in [0.2, 0.25) is 0 Å². The zero-order valence-corrected chi connectivity index (χ0v) is 10.9. The summed E-state index contributed by atoms with van der Waals surface area (Å²) >= 11 is 0. The molecule has 2 aromatic rings. The Morgan fingerprint density at radius 1 is 1.33 bits per heavy atom. The number of benzene rings is 1. The van der Waals surface area contributed by atoms with Crippen LogP contribution >= 0.6 is 0 Å². The molecule has 0 aliphatic rings. The van der Waals surface area contributed by atoms with Crippen molar-refractivity contribution in [1.82, 2.24) is 10.2 Å². The van der Waals surface area contributed by atoms with E-state index in [9.17, 15) is 8.42 Å². The number of hydrogen-bond donors (Lipinski definition) is 3. The number of nitrogen functional groups attached to an aromatic ring is 1. The highest BCUT2D eigenvalue weighted by Crippen LogP contribution is 2.21. The van der Waals surface area contributed by atoms with Crippen LogP contribution in [0.4, 0.5) is 11.4 Å². The van der Waals surface area contributed by atoms with Crippen molar-refractivity contribution in [3.8, 4) is 0 Å². The molecule has 0 radical (unpaired) electrons. The maximum Gasteiger partial charge on any atom is 0.265 e. The number of rotatable bonds is 3. The van der Waals surface area contributed by atoms with Gasteiger partial charge in [-0.05, 0) is 37.6 Å². The third kappa shape index (κ3) is 2.30. The molecule has 0 aliphatic heterocycles. The van der Waals surface area contributed by atoms with Crippen LogP contribution in [0.1, 0.15) is 11.3 Å². The molecule has 0 saturated carbocycles. The van der Waals surface area contributed by atoms with Gasteiger partial charge in [-0.1, -0.05) is 0 Å². The Kier molecular flexibility index (Phi) is 3.00. The monoisotopic (exact) mass is 266 g/mol. The van der Waals surface area contributed by atoms with E-state index in [0.717, 1.165) is 5.56 Å². The van der Waals surface area contributed by atoms with E-state index in [0.29, 0.717) is 17.1 Å². The van der Waals surface area contributed by atoms with Crippen molar-refractivity contribution in [2.24, 2.45) is 0 Å². The molecular weight excluding hydrogens is 252 g/mol. The van der Waals surface area contributed by atoms with Gasteiger partial charge in [0.1, 0.15) is 4.90 Å². The number of aromatic nitrogens is 2. The van der Waals surface area contributed by atoms with E-state index in [2.05, 4.69) is 14.9 Å². The van der Waals surface area contributed by atoms with E-state index in [1.807, 2.05) is 6.92 Å². The number of H-pyrrole nitrogens is 1. The first kappa shape index (κ1) is 12.4. The Morgan fingerprint density at radius 3 is 2.61 bits per heavy atom. The van der Waals surface area contributed by atoms with Crippen molar-refractivity contribution in [2.45, 2.75) is 18.7 Å². The molecule has 1 heterocycles. The van der Waals surface area contributed by atoms with Crippen molar-refractivity contribution in [2.75, 3.05) is 10.5 Å². The molecule has 6 nitrogen and oxygen atoms in total. The molecule has 1 aromatic heterocycles. The average molecular weight is 266 g/mol. The minimum Gasteiger partial charge on any atom is -0.399 e. The van der Waals surface area contributed by atoms with Crippen LogP contribution in [0.15, 0.2) is 29.3 Å². The lowest BCUT2D eigenvalue weighted by Gasteiger charge is -2.08. The maximum atomic E-state index is 12.1. The van der Waals surface area contributed by atoms with Crippen molar-refractivity contribution < 1.29 is 8.42 Å². The van der Waals surface area contributed by atoms with Gasteiger partial charge in [-0.2, -0.15) is 5.10 Å². The Morgan fingerprint density at radius 2 is 2.06 bits per heavy atom. The second-order valence-corrected chi connectivity index (χ2v) is 5.69. The molecule has 0 amide bonds. The van der Waals surface area contributed by atoms with Crippen LogP contribution in [0.2, 0.25) is 0 Å². The van der Waals surface area contributed by atoms with Crippen molar-refractivity contribution in [3.63, 3.8) is 0 Å². The van der Waals surface area contributed by atoms with Crippen LogP contribution in [-0.2, 0) is 10.0 Å². The topological polar surface area (TPSA) is 101 Å². The molecule has 4 N–H and O–H groups in total. The van der Waals surface area contributed by atoms with E-state index >= 15 is 0 Å². The summed E-state index contributed by atoms with van der Waals surface area (Å²) < 4.78 is 26.6. The molecule has 7 heteroatoms. The first-order chi connectivity index (χ1) is 8.40. The normalized spacial score (nSPS) is 11.4. The highest BCUT2D eigenvalue weighted by Gasteiger charge is 2.18. The van der Waals surface area contributed by atoms with Gasteiger partial charge in [0.15, 0.2) is 0 Å². The van der Waals surface area contributed by atoms with Crippen LogP contribution < -0.4 is 10.5 Å². The Balaban J connectivity index is 2.34. The average Bonchev–Trinajstić information content (AvgIpc) is 2.70. The third-order valence-corrected chi connectivity index (χ3v) is 4.09. The van der Waals surface area contributed by atoms with E-state index in [-0.39, 0.29) is 4.90 Å². The minimum atomic E-state index is -3.61. The number of anilines is 2. The number of aryl methyl sites for hydroxylation is 2. The molecule has 0 bridgehead atoms. The SMILES string of the molecule is Cc1cc(NS(=O)(=O)c2cn[nH]c2C)ccc1N. The van der Waals surface area contributed by atoms with Gasteiger partial charge in [0.25, 0.3) is 10.0 Å². The predicted octanol–water partition coefficient (Wildman–Crippen LogP) is 1.41. The summed E-state index contributed by atoms with van der Waals surface area (Å²) in [6.45, 7) is 3.46. The Hall–Kier alpha value is -2.02. The zero-order chi connectivity index (χ0) is 13.3. The molecule has 0 atom stereocenters. The van der Waals surface area contributed by atoms with Gasteiger partial charge in [-0.3, -0.25) is 9.82 Å². The lowest BCUT2D eigenvalue weighted by Crippen LogP contribution is -2.13. The molecule has 0 fully saturated rings. The Bertz CT molecular complexity index is 676. The summed E-state index contributed by atoms with van der Waals surface area (Å²) in [4.78, 5) is 0.136. The summed E-state index contributed by atoms with van der Waals surface area (Å²) in [5.41, 5.74) is 8.09. The molecule has 96 valence electrons. The molecule has 0 aliphatic carbocycles. The first-order valence-corrected chi connectivity index (χ1v) is 6.77. The van der Waals surface area contributed by atoms with Gasteiger partial charge < -0.3 is 5.73 Å². The van der Waals surface area contributed by atoms with Crippen LogP contribution in [0, 0.1) is 13.8 Å². The summed E-state index contributed by atoms with van der Waals surface area (Å²) in [5.74, 6) is 0. The highest BCUT2D eigenvalue weighted by atomic mass is 32.2. The quantitative estimate of drug-likeness (QED) is 0.731. The number of hydrogen-bond acceptors (Lipinski definition) is 4. The molecule has 0 spiro atoms. The van der Waals surface area contributed by atoms with Crippen molar-refractivity contribution in [1.29, 1.82) is 0 Å². The molecule has 18 heavy (non-hydrogen) atoms. The number of nitrogens with two attached hydrogens (primary N) is 1. The van der Waals surface area contributed by atoms with Gasteiger partial charge in [0.05, 0.1) is 11.9 Å². The Labute approximate surface area is 105 Å². The van der Waals surface area contributed by atoms with Crippen LogP contribution in [0.3, 0.4) is 0 Å². The fraction of sp³-hybridized carbons (Fsp3) is 0.182. The van der Waals surface area contributed by atoms with Crippen LogP contribution in [0.25, 0.3) is 0 Å². The van der Waals surface area contributed by atoms with E-state index < -0.39 is 10.0 Å². The van der Waals surface area contributed by atoms with Crippen LogP contribution in [0.5, 0.6) is 0 Å². The van der Waals surface area contributed by atoms with Gasteiger partial charge in [-0.15, -0.1) is 0 Å². The number of sulfonamides is 1. The fourth-order valence-corrected chi connectivity index (χ4v) is 2.75. The fourth-order valence-electron chi connectivity index (χ4n) is 1.56. The molecule has 1 aromatic carbocycles. The number of aromatic amines is 1. The predicted molar refractivity (Wildman–Crippen MR) is 69.7 cm³/mol. The molecule has 0 saturated heterocycles. The second kappa shape index (κ2) is 4.34. The summed E-state index contributed by atoms with van der Waals surface area (Å²) in [6.07, 6.45) is 1.28. The molecule has 0 unspecified atom stereocenters. The standard InChI is InChI=1S/C11H14N4O2S/c1-7-5-9(3-4-10(7)12)15-18(16,17)11-6-13-14-8(11)2/h3-6,15H,12H2,1-2H3,(H,13,14). The van der Waals surface area contributed by atoms with E-state index in [1.54, 1.807) is 25.1 Å². The van der Waals surface area contributed by atoms with Crippen LogP contribution in [-0.4, -0.2) is 18.6 Å².